The smallest absolute Gasteiger partial charge is 0.435 e. The number of carbonyl (C=O) groups is 4. The Morgan fingerprint density at radius 3 is 2.28 bits per heavy atom. The molecule has 72 heavy (non-hydrogen) atoms. The molecule has 3 N–H and O–H groups in total. The number of nitrogens with zero attached hydrogens (tertiary/aromatic N) is 6. The van der Waals surface area contributed by atoms with Crippen LogP contribution in [0.4, 0.5) is 54.5 Å². The number of hydrogen-bond acceptors (Lipinski definition) is 10. The third kappa shape index (κ3) is 12.3. The molecule has 6 rings (SSSR count). The number of benzene rings is 2. The van der Waals surface area contributed by atoms with E-state index in [4.69, 9.17) is 16.7 Å². The molecule has 1 aliphatic carbocycles. The van der Waals surface area contributed by atoms with Gasteiger partial charge in [0.2, 0.25) is 5.91 Å². The summed E-state index contributed by atoms with van der Waals surface area (Å²) in [5.41, 5.74) is -5.09. The molecular formula is C44H39ClF10N8O7S2. The molecule has 0 aliphatic heterocycles. The number of nitrogens with one attached hydrogen (secondary N) is 2. The summed E-state index contributed by atoms with van der Waals surface area (Å²) in [7, 11) is -1.56. The minimum absolute atomic E-state index is 0.140. The molecule has 386 valence electrons. The number of aliphatic carboxylic acids is 1. The van der Waals surface area contributed by atoms with Crippen molar-refractivity contribution >= 4 is 74.9 Å². The van der Waals surface area contributed by atoms with Crippen LogP contribution in [-0.4, -0.2) is 94.3 Å². The third-order valence-corrected chi connectivity index (χ3v) is 13.5. The lowest BCUT2D eigenvalue weighted by molar-refractivity contribution is -0.163. The van der Waals surface area contributed by atoms with Gasteiger partial charge in [-0.25, -0.2) is 32.5 Å². The summed E-state index contributed by atoms with van der Waals surface area (Å²) in [4.78, 5) is 54.5. The molecule has 3 atom stereocenters. The number of fused-ring (bicyclic) bond motifs is 2. The van der Waals surface area contributed by atoms with Gasteiger partial charge in [-0.05, 0) is 79.9 Å². The van der Waals surface area contributed by atoms with Crippen LogP contribution in [0.25, 0.3) is 22.0 Å². The topological polar surface area (TPSA) is 191 Å². The number of urea groups is 1. The Morgan fingerprint density at radius 2 is 1.68 bits per heavy atom. The van der Waals surface area contributed by atoms with Crippen molar-refractivity contribution in [1.29, 1.82) is 0 Å². The number of amides is 3. The minimum atomic E-state index is -5.22. The van der Waals surface area contributed by atoms with Crippen LogP contribution >= 0.6 is 23.5 Å². The van der Waals surface area contributed by atoms with Gasteiger partial charge in [0, 0.05) is 52.5 Å². The summed E-state index contributed by atoms with van der Waals surface area (Å²) in [5.74, 6) is -7.21. The van der Waals surface area contributed by atoms with E-state index in [0.29, 0.717) is 22.7 Å². The predicted octanol–water partition coefficient (Wildman–Crippen LogP) is 8.44. The Kier molecular flexibility index (Phi) is 16.0. The molecular weight excluding hydrogens is 1040 g/mol. The second kappa shape index (κ2) is 21.0. The van der Waals surface area contributed by atoms with E-state index in [0.717, 1.165) is 23.4 Å². The van der Waals surface area contributed by atoms with Crippen molar-refractivity contribution in [2.75, 3.05) is 30.0 Å². The number of halogens is 11. The normalized spacial score (nSPS) is 15.3. The molecule has 0 spiro atoms. The predicted molar refractivity (Wildman–Crippen MR) is 242 cm³/mol. The minimum Gasteiger partial charge on any atom is -0.473 e. The summed E-state index contributed by atoms with van der Waals surface area (Å²) < 4.78 is 164. The summed E-state index contributed by atoms with van der Waals surface area (Å²) in [6.45, 7) is -0.0336. The SMILES string of the molecule is CSN(C(=O)NCCOC(=O)C(=O)O)c1nn(CC(F)(F)F)c2c(-c3ccc(C#CC(C)(C)S(C)=O)nc3C(Cc3cc(F)cc(F)c3)NC(=O)Cn3nc(C(F)(F)F)c4c3C(F)(F)C[C@@H]4C)ccc(Cl)c12. The standard InChI is InChI=1S/C44H39ClF10N8O7S2/c1-21-18-42(48,49)36-31(21)35(44(53,54)55)59-61(36)19-30(64)58-29(16-22-14-23(46)17-24(47)15-22)33-26(7-6-25(57-33)10-11-41(2,3)72(5)69)27-8-9-28(45)32-34(27)62(20-43(50,51)52)60-37(32)63(71-4)40(68)56-12-13-70-39(67)38(65)66/h6-9,14-15,17,21,29H,12-13,16,18-20H2,1-5H3,(H,56,68)(H,58,64)(H,65,66)/t21-,29?,72?/m0/s1. The van der Waals surface area contributed by atoms with Gasteiger partial charge in [0.1, 0.15) is 47.5 Å². The van der Waals surface area contributed by atoms with Gasteiger partial charge in [-0.3, -0.25) is 18.4 Å². The highest BCUT2D eigenvalue weighted by Gasteiger charge is 2.53. The van der Waals surface area contributed by atoms with Crippen LogP contribution in [0.15, 0.2) is 42.5 Å². The van der Waals surface area contributed by atoms with Crippen LogP contribution in [-0.2, 0) is 61.5 Å². The van der Waals surface area contributed by atoms with Gasteiger partial charge in [-0.1, -0.05) is 30.5 Å². The van der Waals surface area contributed by atoms with Crippen LogP contribution in [0.2, 0.25) is 5.02 Å². The first kappa shape index (κ1) is 54.9. The van der Waals surface area contributed by atoms with Crippen LogP contribution < -0.4 is 14.9 Å². The fourth-order valence-corrected chi connectivity index (χ4v) is 8.69. The van der Waals surface area contributed by atoms with E-state index in [2.05, 4.69) is 42.4 Å². The Balaban J connectivity index is 1.58. The molecule has 0 saturated carbocycles. The quantitative estimate of drug-likeness (QED) is 0.0242. The van der Waals surface area contributed by atoms with Crippen LogP contribution in [0.1, 0.15) is 73.1 Å². The van der Waals surface area contributed by atoms with E-state index in [1.807, 2.05) is 0 Å². The molecule has 0 saturated heterocycles. The average molecular weight is 1080 g/mol. The van der Waals surface area contributed by atoms with Crippen molar-refractivity contribution in [1.82, 2.24) is 35.2 Å². The van der Waals surface area contributed by atoms with Gasteiger partial charge < -0.3 is 20.5 Å². The summed E-state index contributed by atoms with van der Waals surface area (Å²) in [6, 6.07) is 4.45. The van der Waals surface area contributed by atoms with E-state index in [9.17, 15) is 58.5 Å². The van der Waals surface area contributed by atoms with Crippen LogP contribution in [0.3, 0.4) is 0 Å². The van der Waals surface area contributed by atoms with E-state index in [1.165, 1.54) is 50.6 Å². The summed E-state index contributed by atoms with van der Waals surface area (Å²) in [6.07, 6.45) is -9.20. The zero-order valence-corrected chi connectivity index (χ0v) is 40.4. The van der Waals surface area contributed by atoms with Crippen LogP contribution in [0.5, 0.6) is 0 Å². The highest BCUT2D eigenvalue weighted by Crippen LogP contribution is 2.52. The molecule has 28 heteroatoms. The Morgan fingerprint density at radius 1 is 1.03 bits per heavy atom. The van der Waals surface area contributed by atoms with Crippen molar-refractivity contribution < 1.29 is 77.1 Å². The number of alkyl halides is 8. The van der Waals surface area contributed by atoms with Crippen molar-refractivity contribution in [2.45, 2.75) is 81.7 Å². The van der Waals surface area contributed by atoms with Gasteiger partial charge in [0.25, 0.3) is 5.92 Å². The van der Waals surface area contributed by atoms with Crippen molar-refractivity contribution in [3.63, 3.8) is 0 Å². The maximum absolute atomic E-state index is 15.4. The van der Waals surface area contributed by atoms with E-state index < -0.39 is 149 Å². The van der Waals surface area contributed by atoms with Gasteiger partial charge >= 0.3 is 30.3 Å². The average Bonchev–Trinajstić information content (AvgIpc) is 3.91. The first-order valence-electron chi connectivity index (χ1n) is 20.9. The second-order valence-corrected chi connectivity index (χ2v) is 19.7. The maximum atomic E-state index is 15.4. The number of rotatable bonds is 14. The monoisotopic (exact) mass is 1080 g/mol. The van der Waals surface area contributed by atoms with Gasteiger partial charge in [-0.15, -0.1) is 0 Å². The number of carboxylic acids is 1. The molecule has 1 aliphatic rings. The highest BCUT2D eigenvalue weighted by molar-refractivity contribution is 8.00. The fraction of sp³-hybridized carbons (Fsp3) is 0.386. The number of hydrogen-bond donors (Lipinski definition) is 3. The lowest BCUT2D eigenvalue weighted by atomic mass is 9.93. The number of esters is 1. The Bertz CT molecular complexity index is 3040. The molecule has 3 heterocycles. The van der Waals surface area contributed by atoms with E-state index in [1.54, 1.807) is 0 Å². The first-order valence-corrected chi connectivity index (χ1v) is 24.0. The molecule has 2 aromatic carbocycles. The Hall–Kier alpha value is -6.40. The molecule has 3 amide bonds. The number of ether oxygens (including phenoxy) is 1. The largest absolute Gasteiger partial charge is 0.473 e. The molecule has 2 unspecified atom stereocenters. The highest BCUT2D eigenvalue weighted by atomic mass is 35.5. The molecule has 3 aromatic heterocycles. The third-order valence-electron chi connectivity index (χ3n) is 10.9. The second-order valence-electron chi connectivity index (χ2n) is 16.6. The molecule has 15 nitrogen and oxygen atoms in total. The molecule has 0 fully saturated rings. The lowest BCUT2D eigenvalue weighted by Crippen LogP contribution is -2.38. The lowest BCUT2D eigenvalue weighted by Gasteiger charge is -2.23. The zero-order valence-electron chi connectivity index (χ0n) is 38.0. The number of carboxylic acid groups (broad SMARTS) is 1. The molecule has 0 radical (unpaired) electrons. The number of carbonyl (C=O) groups excluding carboxylic acids is 3. The number of pyridine rings is 1. The van der Waals surface area contributed by atoms with E-state index >= 15 is 8.78 Å². The zero-order chi connectivity index (χ0) is 53.4. The van der Waals surface area contributed by atoms with Crippen molar-refractivity contribution in [2.24, 2.45) is 0 Å². The molecule has 5 aromatic rings. The van der Waals surface area contributed by atoms with Crippen molar-refractivity contribution in [3.05, 3.63) is 93.0 Å². The number of aromatic nitrogens is 5. The first-order chi connectivity index (χ1) is 33.4. The Labute approximate surface area is 413 Å². The van der Waals surface area contributed by atoms with Gasteiger partial charge in [0.05, 0.1) is 34.2 Å². The van der Waals surface area contributed by atoms with E-state index in [-0.39, 0.29) is 43.2 Å². The maximum Gasteiger partial charge on any atom is 0.435 e. The van der Waals surface area contributed by atoms with Gasteiger partial charge in [-0.2, -0.15) is 45.3 Å². The van der Waals surface area contributed by atoms with Gasteiger partial charge in [0.15, 0.2) is 11.5 Å². The fourth-order valence-electron chi connectivity index (χ4n) is 7.72. The number of anilines is 1. The van der Waals surface area contributed by atoms with Crippen molar-refractivity contribution in [3.8, 4) is 23.0 Å². The molecule has 0 bridgehead atoms. The summed E-state index contributed by atoms with van der Waals surface area (Å²) >= 11 is 7.31. The summed E-state index contributed by atoms with van der Waals surface area (Å²) in [5, 5.41) is 20.5. The van der Waals surface area contributed by atoms with Crippen LogP contribution in [0, 0.1) is 23.5 Å².